The maximum absolute atomic E-state index is 6.04. The normalized spacial score (nSPS) is 11.5. The molecule has 0 amide bonds. The second-order valence-electron chi connectivity index (χ2n) is 4.85. The molecule has 7 nitrogen and oxygen atoms in total. The first-order valence-corrected chi connectivity index (χ1v) is 6.85. The Morgan fingerprint density at radius 2 is 2.15 bits per heavy atom. The highest BCUT2D eigenvalue weighted by molar-refractivity contribution is 5.77. The minimum absolute atomic E-state index is 0.563. The fraction of sp³-hybridized carbons (Fsp3) is 0.462. The molecule has 106 valence electrons. The number of aryl methyl sites for hydroxylation is 4. The van der Waals surface area contributed by atoms with Gasteiger partial charge in [-0.3, -0.25) is 4.57 Å². The Hall–Kier alpha value is -2.31. The number of aromatic nitrogens is 6. The van der Waals surface area contributed by atoms with E-state index in [2.05, 4.69) is 31.1 Å². The summed E-state index contributed by atoms with van der Waals surface area (Å²) in [5.74, 6) is 0.563. The fourth-order valence-corrected chi connectivity index (χ4v) is 2.51. The molecule has 3 aromatic heterocycles. The van der Waals surface area contributed by atoms with Crippen LogP contribution in [0.2, 0.25) is 0 Å². The highest BCUT2D eigenvalue weighted by Gasteiger charge is 2.16. The van der Waals surface area contributed by atoms with Gasteiger partial charge in [0.1, 0.15) is 5.52 Å². The fourth-order valence-electron chi connectivity index (χ4n) is 2.51. The SMILES string of the molecule is CCn1nc(C)c2nc(N)n(CCCn3ccnc3)c21. The summed E-state index contributed by atoms with van der Waals surface area (Å²) in [7, 11) is 0. The molecule has 0 fully saturated rings. The Balaban J connectivity index is 1.84. The molecule has 0 aliphatic rings. The minimum Gasteiger partial charge on any atom is -0.369 e. The van der Waals surface area contributed by atoms with E-state index in [0.29, 0.717) is 5.95 Å². The van der Waals surface area contributed by atoms with E-state index in [1.165, 1.54) is 0 Å². The standard InChI is InChI=1S/C13H19N7/c1-3-20-12-11(10(2)17-20)16-13(14)19(12)7-4-6-18-8-5-15-9-18/h5,8-9H,3-4,6-7H2,1-2H3,(H2,14,16). The number of imidazole rings is 2. The third kappa shape index (κ3) is 2.04. The largest absolute Gasteiger partial charge is 0.369 e. The lowest BCUT2D eigenvalue weighted by Crippen LogP contribution is -2.10. The van der Waals surface area contributed by atoms with Crippen LogP contribution >= 0.6 is 0 Å². The van der Waals surface area contributed by atoms with E-state index in [1.807, 2.05) is 24.1 Å². The lowest BCUT2D eigenvalue weighted by Gasteiger charge is -2.08. The van der Waals surface area contributed by atoms with E-state index in [1.54, 1.807) is 6.20 Å². The first kappa shape index (κ1) is 12.7. The highest BCUT2D eigenvalue weighted by Crippen LogP contribution is 2.21. The third-order valence-electron chi connectivity index (χ3n) is 3.49. The summed E-state index contributed by atoms with van der Waals surface area (Å²) in [6, 6.07) is 0. The number of nitrogen functional groups attached to an aromatic ring is 1. The van der Waals surface area contributed by atoms with E-state index in [-0.39, 0.29) is 0 Å². The summed E-state index contributed by atoms with van der Waals surface area (Å²) in [5.41, 5.74) is 8.90. The molecule has 0 saturated heterocycles. The van der Waals surface area contributed by atoms with Crippen molar-refractivity contribution in [1.29, 1.82) is 0 Å². The molecule has 20 heavy (non-hydrogen) atoms. The zero-order chi connectivity index (χ0) is 14.1. The molecule has 3 heterocycles. The average Bonchev–Trinajstić information content (AvgIpc) is 3.11. The number of anilines is 1. The smallest absolute Gasteiger partial charge is 0.202 e. The van der Waals surface area contributed by atoms with Crippen molar-refractivity contribution in [3.63, 3.8) is 0 Å². The first-order chi connectivity index (χ1) is 9.70. The Labute approximate surface area is 117 Å². The van der Waals surface area contributed by atoms with Crippen molar-refractivity contribution in [2.75, 3.05) is 5.73 Å². The molecule has 7 heteroatoms. The van der Waals surface area contributed by atoms with Crippen LogP contribution in [0.1, 0.15) is 19.0 Å². The van der Waals surface area contributed by atoms with E-state index in [0.717, 1.165) is 42.9 Å². The van der Waals surface area contributed by atoms with Gasteiger partial charge in [0.25, 0.3) is 0 Å². The zero-order valence-corrected chi connectivity index (χ0v) is 11.8. The lowest BCUT2D eigenvalue weighted by molar-refractivity contribution is 0.560. The van der Waals surface area contributed by atoms with Crippen molar-refractivity contribution in [2.24, 2.45) is 0 Å². The maximum atomic E-state index is 6.04. The van der Waals surface area contributed by atoms with Crippen LogP contribution in [-0.2, 0) is 19.6 Å². The summed E-state index contributed by atoms with van der Waals surface area (Å²) in [6.45, 7) is 6.60. The number of fused-ring (bicyclic) bond motifs is 1. The topological polar surface area (TPSA) is 79.5 Å². The van der Waals surface area contributed by atoms with Crippen molar-refractivity contribution >= 4 is 17.1 Å². The van der Waals surface area contributed by atoms with E-state index in [9.17, 15) is 0 Å². The molecule has 0 radical (unpaired) electrons. The van der Waals surface area contributed by atoms with Crippen molar-refractivity contribution in [3.05, 3.63) is 24.4 Å². The van der Waals surface area contributed by atoms with Crippen molar-refractivity contribution < 1.29 is 0 Å². The van der Waals surface area contributed by atoms with Crippen LogP contribution < -0.4 is 5.73 Å². The second kappa shape index (κ2) is 4.99. The van der Waals surface area contributed by atoms with Gasteiger partial charge in [-0.05, 0) is 20.3 Å². The molecule has 0 bridgehead atoms. The van der Waals surface area contributed by atoms with Gasteiger partial charge in [0, 0.05) is 32.0 Å². The molecule has 0 unspecified atom stereocenters. The number of nitrogens with zero attached hydrogens (tertiary/aromatic N) is 6. The summed E-state index contributed by atoms with van der Waals surface area (Å²) in [5, 5.41) is 4.49. The van der Waals surface area contributed by atoms with Gasteiger partial charge in [-0.25, -0.2) is 14.6 Å². The highest BCUT2D eigenvalue weighted by atomic mass is 15.4. The van der Waals surface area contributed by atoms with Crippen molar-refractivity contribution in [2.45, 2.75) is 39.9 Å². The van der Waals surface area contributed by atoms with Gasteiger partial charge in [0.15, 0.2) is 5.65 Å². The van der Waals surface area contributed by atoms with Gasteiger partial charge in [-0.15, -0.1) is 0 Å². The first-order valence-electron chi connectivity index (χ1n) is 6.85. The predicted molar refractivity (Wildman–Crippen MR) is 77.2 cm³/mol. The van der Waals surface area contributed by atoms with Crippen LogP contribution in [0.5, 0.6) is 0 Å². The molecule has 3 aromatic rings. The molecule has 0 aliphatic carbocycles. The van der Waals surface area contributed by atoms with E-state index >= 15 is 0 Å². The van der Waals surface area contributed by atoms with Crippen LogP contribution in [0.3, 0.4) is 0 Å². The summed E-state index contributed by atoms with van der Waals surface area (Å²) >= 11 is 0. The van der Waals surface area contributed by atoms with Gasteiger partial charge in [0.05, 0.1) is 12.0 Å². The van der Waals surface area contributed by atoms with Gasteiger partial charge in [0.2, 0.25) is 5.95 Å². The third-order valence-corrected chi connectivity index (χ3v) is 3.49. The van der Waals surface area contributed by atoms with Gasteiger partial charge >= 0.3 is 0 Å². The average molecular weight is 273 g/mol. The van der Waals surface area contributed by atoms with E-state index in [4.69, 9.17) is 5.73 Å². The Bertz CT molecular complexity index is 705. The van der Waals surface area contributed by atoms with Crippen LogP contribution in [0.25, 0.3) is 11.2 Å². The Kier molecular flexibility index (Phi) is 3.17. The van der Waals surface area contributed by atoms with E-state index < -0.39 is 0 Å². The van der Waals surface area contributed by atoms with Crippen LogP contribution in [0.15, 0.2) is 18.7 Å². The van der Waals surface area contributed by atoms with Crippen molar-refractivity contribution in [1.82, 2.24) is 28.9 Å². The maximum Gasteiger partial charge on any atom is 0.202 e. The molecule has 2 N–H and O–H groups in total. The summed E-state index contributed by atoms with van der Waals surface area (Å²) < 4.78 is 6.08. The molecular weight excluding hydrogens is 254 g/mol. The predicted octanol–water partition coefficient (Wildman–Crippen LogP) is 1.43. The number of nitrogens with two attached hydrogens (primary N) is 1. The summed E-state index contributed by atoms with van der Waals surface area (Å²) in [6.07, 6.45) is 6.56. The second-order valence-corrected chi connectivity index (χ2v) is 4.85. The van der Waals surface area contributed by atoms with Crippen LogP contribution in [0, 0.1) is 6.92 Å². The lowest BCUT2D eigenvalue weighted by atomic mass is 10.4. The minimum atomic E-state index is 0.563. The Morgan fingerprint density at radius 3 is 2.85 bits per heavy atom. The molecule has 3 rings (SSSR count). The molecule has 0 aromatic carbocycles. The Morgan fingerprint density at radius 1 is 1.30 bits per heavy atom. The van der Waals surface area contributed by atoms with Gasteiger partial charge in [-0.2, -0.15) is 5.10 Å². The molecule has 0 saturated carbocycles. The molecule has 0 aliphatic heterocycles. The summed E-state index contributed by atoms with van der Waals surface area (Å²) in [4.78, 5) is 8.48. The van der Waals surface area contributed by atoms with Gasteiger partial charge in [-0.1, -0.05) is 0 Å². The van der Waals surface area contributed by atoms with Crippen LogP contribution in [0.4, 0.5) is 5.95 Å². The zero-order valence-electron chi connectivity index (χ0n) is 11.8. The molecule has 0 atom stereocenters. The monoisotopic (exact) mass is 273 g/mol. The number of hydrogen-bond acceptors (Lipinski definition) is 4. The quantitative estimate of drug-likeness (QED) is 0.762. The van der Waals surface area contributed by atoms with Gasteiger partial charge < -0.3 is 10.3 Å². The van der Waals surface area contributed by atoms with Crippen LogP contribution in [-0.4, -0.2) is 28.9 Å². The molecular formula is C13H19N7. The molecule has 0 spiro atoms. The number of rotatable bonds is 5. The van der Waals surface area contributed by atoms with Crippen molar-refractivity contribution in [3.8, 4) is 0 Å². The number of hydrogen-bond donors (Lipinski definition) is 1.